The largest absolute Gasteiger partial charge is 0.494 e. The Labute approximate surface area is 150 Å². The first-order chi connectivity index (χ1) is 11.6. The third-order valence-corrected chi connectivity index (χ3v) is 4.26. The van der Waals surface area contributed by atoms with Crippen molar-refractivity contribution in [2.45, 2.75) is 11.8 Å². The predicted molar refractivity (Wildman–Crippen MR) is 95.1 cm³/mol. The molecule has 0 N–H and O–H groups in total. The minimum absolute atomic E-state index is 0.137. The fraction of sp³-hybridized carbons (Fsp3) is 0.222. The molecule has 0 saturated heterocycles. The minimum atomic E-state index is -0.436. The highest BCUT2D eigenvalue weighted by Gasteiger charge is 2.10. The molecule has 0 aromatic heterocycles. The third kappa shape index (κ3) is 5.91. The Morgan fingerprint density at radius 1 is 1.04 bits per heavy atom. The van der Waals surface area contributed by atoms with Gasteiger partial charge in [-0.15, -0.1) is 11.8 Å². The van der Waals surface area contributed by atoms with Crippen LogP contribution in [0.3, 0.4) is 0 Å². The van der Waals surface area contributed by atoms with Crippen LogP contribution in [0.25, 0.3) is 0 Å². The maximum Gasteiger partial charge on any atom is 0.316 e. The third-order valence-electron chi connectivity index (χ3n) is 3.02. The summed E-state index contributed by atoms with van der Waals surface area (Å²) in [5.74, 6) is 0.153. The van der Waals surface area contributed by atoms with Gasteiger partial charge in [0.15, 0.2) is 12.4 Å². The Morgan fingerprint density at radius 2 is 1.71 bits per heavy atom. The molecule has 2 aromatic carbocycles. The number of carbonyl (C=O) groups excluding carboxylic acids is 2. The van der Waals surface area contributed by atoms with Crippen molar-refractivity contribution in [2.75, 3.05) is 19.0 Å². The minimum Gasteiger partial charge on any atom is -0.494 e. The Balaban J connectivity index is 1.76. The zero-order chi connectivity index (χ0) is 17.4. The van der Waals surface area contributed by atoms with Gasteiger partial charge >= 0.3 is 5.97 Å². The molecule has 6 heteroatoms. The fourth-order valence-corrected chi connectivity index (χ4v) is 2.67. The van der Waals surface area contributed by atoms with Crippen LogP contribution in [-0.2, 0) is 9.53 Å². The van der Waals surface area contributed by atoms with Gasteiger partial charge in [0.2, 0.25) is 0 Å². The number of thioether (sulfide) groups is 1. The maximum atomic E-state index is 12.0. The van der Waals surface area contributed by atoms with Gasteiger partial charge in [0.05, 0.1) is 12.4 Å². The second-order valence-corrected chi connectivity index (χ2v) is 6.27. The highest BCUT2D eigenvalue weighted by Crippen LogP contribution is 2.20. The van der Waals surface area contributed by atoms with Crippen molar-refractivity contribution < 1.29 is 19.1 Å². The molecule has 0 heterocycles. The number of halogens is 1. The number of benzene rings is 2. The second kappa shape index (κ2) is 9.35. The van der Waals surface area contributed by atoms with Gasteiger partial charge in [0.1, 0.15) is 5.75 Å². The number of ketones is 1. The first-order valence-corrected chi connectivity index (χ1v) is 8.75. The Kier molecular flexibility index (Phi) is 7.15. The lowest BCUT2D eigenvalue weighted by atomic mass is 10.1. The van der Waals surface area contributed by atoms with E-state index in [2.05, 4.69) is 0 Å². The SMILES string of the molecule is CCOc1ccc(C(=O)COC(=O)CSc2ccc(Cl)cc2)cc1. The Bertz CT molecular complexity index is 683. The summed E-state index contributed by atoms with van der Waals surface area (Å²) in [6, 6.07) is 13.9. The monoisotopic (exact) mass is 364 g/mol. The highest BCUT2D eigenvalue weighted by atomic mass is 35.5. The smallest absolute Gasteiger partial charge is 0.316 e. The molecule has 0 saturated carbocycles. The van der Waals surface area contributed by atoms with E-state index in [9.17, 15) is 9.59 Å². The molecule has 24 heavy (non-hydrogen) atoms. The van der Waals surface area contributed by atoms with Gasteiger partial charge in [-0.1, -0.05) is 11.6 Å². The lowest BCUT2D eigenvalue weighted by molar-refractivity contribution is -0.139. The molecule has 0 aliphatic rings. The predicted octanol–water partition coefficient (Wildman–Crippen LogP) is 4.26. The quantitative estimate of drug-likeness (QED) is 0.398. The number of carbonyl (C=O) groups is 2. The standard InChI is InChI=1S/C18H17ClO4S/c1-2-22-15-7-3-13(4-8-15)17(20)11-23-18(21)12-24-16-9-5-14(19)6-10-16/h3-10H,2,11-12H2,1H3. The fourth-order valence-electron chi connectivity index (χ4n) is 1.85. The van der Waals surface area contributed by atoms with Crippen LogP contribution in [0.4, 0.5) is 0 Å². The lowest BCUT2D eigenvalue weighted by Crippen LogP contribution is -2.15. The van der Waals surface area contributed by atoms with Crippen LogP contribution in [0.1, 0.15) is 17.3 Å². The van der Waals surface area contributed by atoms with E-state index in [4.69, 9.17) is 21.1 Å². The van der Waals surface area contributed by atoms with Crippen LogP contribution < -0.4 is 4.74 Å². The van der Waals surface area contributed by atoms with Gasteiger partial charge in [-0.3, -0.25) is 9.59 Å². The van der Waals surface area contributed by atoms with Crippen molar-refractivity contribution in [2.24, 2.45) is 0 Å². The summed E-state index contributed by atoms with van der Waals surface area (Å²) in [5.41, 5.74) is 0.483. The summed E-state index contributed by atoms with van der Waals surface area (Å²) in [7, 11) is 0. The molecule has 0 unspecified atom stereocenters. The van der Waals surface area contributed by atoms with Crippen molar-refractivity contribution in [3.8, 4) is 5.75 Å². The van der Waals surface area contributed by atoms with E-state index in [1.807, 2.05) is 19.1 Å². The van der Waals surface area contributed by atoms with E-state index in [1.54, 1.807) is 36.4 Å². The molecule has 2 aromatic rings. The summed E-state index contributed by atoms with van der Waals surface area (Å²) in [6.45, 7) is 2.19. The van der Waals surface area contributed by atoms with Gasteiger partial charge in [0.25, 0.3) is 0 Å². The molecule has 0 atom stereocenters. The molecule has 4 nitrogen and oxygen atoms in total. The van der Waals surface area contributed by atoms with Crippen molar-refractivity contribution in [1.82, 2.24) is 0 Å². The van der Waals surface area contributed by atoms with Gasteiger partial charge in [-0.2, -0.15) is 0 Å². The van der Waals surface area contributed by atoms with Crippen molar-refractivity contribution >= 4 is 35.1 Å². The average Bonchev–Trinajstić information content (AvgIpc) is 2.60. The van der Waals surface area contributed by atoms with E-state index < -0.39 is 5.97 Å². The zero-order valence-corrected chi connectivity index (χ0v) is 14.7. The first kappa shape index (κ1) is 18.4. The molecule has 2 rings (SSSR count). The van der Waals surface area contributed by atoms with E-state index in [0.717, 1.165) is 4.90 Å². The van der Waals surface area contributed by atoms with E-state index in [0.29, 0.717) is 22.9 Å². The highest BCUT2D eigenvalue weighted by molar-refractivity contribution is 8.00. The summed E-state index contributed by atoms with van der Waals surface area (Å²) < 4.78 is 10.3. The van der Waals surface area contributed by atoms with Crippen LogP contribution in [0.15, 0.2) is 53.4 Å². The Hall–Kier alpha value is -1.98. The van der Waals surface area contributed by atoms with Crippen LogP contribution >= 0.6 is 23.4 Å². The maximum absolute atomic E-state index is 12.0. The molecule has 0 amide bonds. The summed E-state index contributed by atoms with van der Waals surface area (Å²) >= 11 is 7.13. The molecule has 0 aliphatic carbocycles. The lowest BCUT2D eigenvalue weighted by Gasteiger charge is -2.06. The van der Waals surface area contributed by atoms with Gasteiger partial charge in [0, 0.05) is 15.5 Å². The number of hydrogen-bond donors (Lipinski definition) is 0. The molecule has 0 fully saturated rings. The summed E-state index contributed by atoms with van der Waals surface area (Å²) in [4.78, 5) is 24.6. The van der Waals surface area contributed by atoms with Crippen LogP contribution in [-0.4, -0.2) is 30.7 Å². The average molecular weight is 365 g/mol. The topological polar surface area (TPSA) is 52.6 Å². The van der Waals surface area contributed by atoms with Crippen LogP contribution in [0, 0.1) is 0 Å². The number of Topliss-reactive ketones (excluding diaryl/α,β-unsaturated/α-hetero) is 1. The summed E-state index contributed by atoms with van der Waals surface area (Å²) in [5, 5.41) is 0.642. The van der Waals surface area contributed by atoms with E-state index in [-0.39, 0.29) is 18.1 Å². The van der Waals surface area contributed by atoms with Gasteiger partial charge in [-0.05, 0) is 55.5 Å². The number of ether oxygens (including phenoxy) is 2. The molecular formula is C18H17ClO4S. The number of hydrogen-bond acceptors (Lipinski definition) is 5. The molecule has 0 radical (unpaired) electrons. The summed E-state index contributed by atoms with van der Waals surface area (Å²) in [6.07, 6.45) is 0. The van der Waals surface area contributed by atoms with Crippen molar-refractivity contribution in [1.29, 1.82) is 0 Å². The van der Waals surface area contributed by atoms with Crippen LogP contribution in [0.5, 0.6) is 5.75 Å². The van der Waals surface area contributed by atoms with Crippen molar-refractivity contribution in [3.05, 3.63) is 59.1 Å². The number of esters is 1. The van der Waals surface area contributed by atoms with Crippen LogP contribution in [0.2, 0.25) is 5.02 Å². The zero-order valence-electron chi connectivity index (χ0n) is 13.2. The molecule has 0 aliphatic heterocycles. The first-order valence-electron chi connectivity index (χ1n) is 7.38. The van der Waals surface area contributed by atoms with Gasteiger partial charge in [-0.25, -0.2) is 0 Å². The van der Waals surface area contributed by atoms with Crippen molar-refractivity contribution in [3.63, 3.8) is 0 Å². The normalized spacial score (nSPS) is 10.2. The molecule has 0 bridgehead atoms. The molecule has 0 spiro atoms. The second-order valence-electron chi connectivity index (χ2n) is 4.78. The molecular weight excluding hydrogens is 348 g/mol. The van der Waals surface area contributed by atoms with E-state index in [1.165, 1.54) is 11.8 Å². The number of rotatable bonds is 8. The van der Waals surface area contributed by atoms with Gasteiger partial charge < -0.3 is 9.47 Å². The molecule has 126 valence electrons. The Morgan fingerprint density at radius 3 is 2.33 bits per heavy atom. The van der Waals surface area contributed by atoms with E-state index >= 15 is 0 Å².